The van der Waals surface area contributed by atoms with Crippen molar-refractivity contribution in [2.45, 2.75) is 30.6 Å². The van der Waals surface area contributed by atoms with Crippen molar-refractivity contribution < 1.29 is 18.6 Å². The SMILES string of the molecule is Cc1ccc(S(=O)(=O)c2c(O)ccc(C)c2C)cc1O. The molecule has 2 N–H and O–H groups in total. The van der Waals surface area contributed by atoms with Crippen LogP contribution in [-0.2, 0) is 9.84 Å². The Kier molecular flexibility index (Phi) is 3.48. The minimum absolute atomic E-state index is 0.0374. The van der Waals surface area contributed by atoms with E-state index < -0.39 is 9.84 Å². The van der Waals surface area contributed by atoms with E-state index in [4.69, 9.17) is 0 Å². The molecule has 4 nitrogen and oxygen atoms in total. The summed E-state index contributed by atoms with van der Waals surface area (Å²) in [5.74, 6) is -0.371. The first-order valence-corrected chi connectivity index (χ1v) is 7.57. The number of aryl methyl sites for hydroxylation is 2. The topological polar surface area (TPSA) is 74.6 Å². The van der Waals surface area contributed by atoms with Gasteiger partial charge in [0.1, 0.15) is 16.4 Å². The second-order valence-corrected chi connectivity index (χ2v) is 6.69. The summed E-state index contributed by atoms with van der Waals surface area (Å²) in [7, 11) is -3.87. The van der Waals surface area contributed by atoms with E-state index in [9.17, 15) is 18.6 Å². The zero-order chi connectivity index (χ0) is 15.1. The molecule has 0 aliphatic heterocycles. The van der Waals surface area contributed by atoms with Gasteiger partial charge in [-0.15, -0.1) is 0 Å². The quantitative estimate of drug-likeness (QED) is 0.892. The van der Waals surface area contributed by atoms with Crippen LogP contribution in [-0.4, -0.2) is 18.6 Å². The molecule has 0 saturated carbocycles. The van der Waals surface area contributed by atoms with Crippen molar-refractivity contribution in [1.82, 2.24) is 0 Å². The zero-order valence-electron chi connectivity index (χ0n) is 11.5. The van der Waals surface area contributed by atoms with E-state index in [-0.39, 0.29) is 21.3 Å². The molecule has 0 fully saturated rings. The lowest BCUT2D eigenvalue weighted by Gasteiger charge is -2.12. The molecule has 0 aliphatic rings. The average molecular weight is 292 g/mol. The second-order valence-electron chi connectivity index (χ2n) is 4.81. The summed E-state index contributed by atoms with van der Waals surface area (Å²) in [5, 5.41) is 19.6. The summed E-state index contributed by atoms with van der Waals surface area (Å²) in [6, 6.07) is 7.18. The van der Waals surface area contributed by atoms with Crippen LogP contribution in [0.3, 0.4) is 0 Å². The van der Waals surface area contributed by atoms with Crippen molar-refractivity contribution in [3.63, 3.8) is 0 Å². The van der Waals surface area contributed by atoms with E-state index in [1.165, 1.54) is 24.3 Å². The predicted molar refractivity (Wildman–Crippen MR) is 75.9 cm³/mol. The van der Waals surface area contributed by atoms with Crippen LogP contribution in [0.15, 0.2) is 40.1 Å². The number of aromatic hydroxyl groups is 2. The number of hydrogen-bond donors (Lipinski definition) is 2. The molecule has 0 aliphatic carbocycles. The van der Waals surface area contributed by atoms with Crippen LogP contribution in [0.4, 0.5) is 0 Å². The van der Waals surface area contributed by atoms with Crippen molar-refractivity contribution in [2.24, 2.45) is 0 Å². The molecule has 0 heterocycles. The van der Waals surface area contributed by atoms with Gasteiger partial charge in [-0.05, 0) is 55.7 Å². The normalized spacial score (nSPS) is 11.6. The molecule has 5 heteroatoms. The smallest absolute Gasteiger partial charge is 0.210 e. The summed E-state index contributed by atoms with van der Waals surface area (Å²) in [5.41, 5.74) is 1.87. The van der Waals surface area contributed by atoms with Crippen LogP contribution in [0.5, 0.6) is 11.5 Å². The predicted octanol–water partition coefficient (Wildman–Crippen LogP) is 2.86. The fourth-order valence-electron chi connectivity index (χ4n) is 1.99. The number of hydrogen-bond acceptors (Lipinski definition) is 4. The van der Waals surface area contributed by atoms with E-state index >= 15 is 0 Å². The molecular formula is C15H16O4S. The summed E-state index contributed by atoms with van der Waals surface area (Å²) in [6.45, 7) is 5.11. The Hall–Kier alpha value is -2.01. The van der Waals surface area contributed by atoms with Gasteiger partial charge in [-0.1, -0.05) is 12.1 Å². The van der Waals surface area contributed by atoms with Crippen LogP contribution in [0, 0.1) is 20.8 Å². The number of sulfone groups is 1. The highest BCUT2D eigenvalue weighted by atomic mass is 32.2. The Bertz CT molecular complexity index is 777. The summed E-state index contributed by atoms with van der Waals surface area (Å²) in [6.07, 6.45) is 0. The maximum Gasteiger partial charge on any atom is 0.210 e. The van der Waals surface area contributed by atoms with Crippen molar-refractivity contribution in [1.29, 1.82) is 0 Å². The number of phenolic OH excluding ortho intramolecular Hbond substituents is 2. The third-order valence-electron chi connectivity index (χ3n) is 3.42. The molecule has 0 aromatic heterocycles. The lowest BCUT2D eigenvalue weighted by atomic mass is 10.1. The highest BCUT2D eigenvalue weighted by Crippen LogP contribution is 2.34. The fourth-order valence-corrected chi connectivity index (χ4v) is 3.65. The van der Waals surface area contributed by atoms with Gasteiger partial charge in [-0.3, -0.25) is 0 Å². The first-order valence-electron chi connectivity index (χ1n) is 6.09. The van der Waals surface area contributed by atoms with Gasteiger partial charge in [0.05, 0.1) is 4.90 Å². The Morgan fingerprint density at radius 2 is 1.45 bits per heavy atom. The molecule has 0 amide bonds. The lowest BCUT2D eigenvalue weighted by molar-refractivity contribution is 0.456. The van der Waals surface area contributed by atoms with Gasteiger partial charge in [0, 0.05) is 0 Å². The fraction of sp³-hybridized carbons (Fsp3) is 0.200. The van der Waals surface area contributed by atoms with Crippen molar-refractivity contribution in [3.05, 3.63) is 47.0 Å². The molecule has 0 bridgehead atoms. The van der Waals surface area contributed by atoms with Crippen LogP contribution < -0.4 is 0 Å². The van der Waals surface area contributed by atoms with E-state index in [2.05, 4.69) is 0 Å². The Labute approximate surface area is 118 Å². The van der Waals surface area contributed by atoms with E-state index in [1.807, 2.05) is 0 Å². The molecule has 0 atom stereocenters. The first kappa shape index (κ1) is 14.4. The molecule has 0 saturated heterocycles. The van der Waals surface area contributed by atoms with E-state index in [0.717, 1.165) is 5.56 Å². The third-order valence-corrected chi connectivity index (χ3v) is 5.34. The highest BCUT2D eigenvalue weighted by molar-refractivity contribution is 7.91. The summed E-state index contributed by atoms with van der Waals surface area (Å²) >= 11 is 0. The molecule has 2 aromatic carbocycles. The second kappa shape index (κ2) is 4.83. The van der Waals surface area contributed by atoms with Crippen LogP contribution in [0.25, 0.3) is 0 Å². The van der Waals surface area contributed by atoms with Crippen LogP contribution in [0.1, 0.15) is 16.7 Å². The van der Waals surface area contributed by atoms with Gasteiger partial charge in [0.15, 0.2) is 0 Å². The molecule has 106 valence electrons. The van der Waals surface area contributed by atoms with Gasteiger partial charge in [-0.25, -0.2) is 8.42 Å². The molecule has 2 aromatic rings. The largest absolute Gasteiger partial charge is 0.508 e. The molecule has 0 unspecified atom stereocenters. The summed E-state index contributed by atoms with van der Waals surface area (Å²) < 4.78 is 25.2. The number of phenols is 2. The molecule has 0 spiro atoms. The maximum absolute atomic E-state index is 12.6. The molecule has 0 radical (unpaired) electrons. The molecular weight excluding hydrogens is 276 g/mol. The van der Waals surface area contributed by atoms with Crippen molar-refractivity contribution in [3.8, 4) is 11.5 Å². The van der Waals surface area contributed by atoms with E-state index in [1.54, 1.807) is 26.8 Å². The van der Waals surface area contributed by atoms with Gasteiger partial charge in [0.2, 0.25) is 9.84 Å². The lowest BCUT2D eigenvalue weighted by Crippen LogP contribution is -2.06. The van der Waals surface area contributed by atoms with Gasteiger partial charge in [-0.2, -0.15) is 0 Å². The first-order chi connectivity index (χ1) is 9.25. The van der Waals surface area contributed by atoms with Crippen LogP contribution in [0.2, 0.25) is 0 Å². The average Bonchev–Trinajstić information content (AvgIpc) is 2.37. The van der Waals surface area contributed by atoms with Gasteiger partial charge in [0.25, 0.3) is 0 Å². The van der Waals surface area contributed by atoms with Crippen LogP contribution >= 0.6 is 0 Å². The van der Waals surface area contributed by atoms with E-state index in [0.29, 0.717) is 11.1 Å². The Morgan fingerprint density at radius 1 is 0.850 bits per heavy atom. The van der Waals surface area contributed by atoms with Gasteiger partial charge >= 0.3 is 0 Å². The molecule has 2 rings (SSSR count). The maximum atomic E-state index is 12.6. The highest BCUT2D eigenvalue weighted by Gasteiger charge is 2.25. The standard InChI is InChI=1S/C15H16O4S/c1-9-5-7-13(16)15(11(9)3)20(18,19)12-6-4-10(2)14(17)8-12/h4-8,16-17H,1-3H3. The zero-order valence-corrected chi connectivity index (χ0v) is 12.3. The van der Waals surface area contributed by atoms with Crippen molar-refractivity contribution in [2.75, 3.05) is 0 Å². The minimum Gasteiger partial charge on any atom is -0.508 e. The third kappa shape index (κ3) is 2.25. The Balaban J connectivity index is 2.73. The minimum atomic E-state index is -3.87. The van der Waals surface area contributed by atoms with Crippen molar-refractivity contribution >= 4 is 9.84 Å². The summed E-state index contributed by atoms with van der Waals surface area (Å²) in [4.78, 5) is -0.148. The van der Waals surface area contributed by atoms with Gasteiger partial charge < -0.3 is 10.2 Å². The molecule has 20 heavy (non-hydrogen) atoms. The number of benzene rings is 2. The monoisotopic (exact) mass is 292 g/mol. The Morgan fingerprint density at radius 3 is 2.05 bits per heavy atom. The number of rotatable bonds is 2.